The molecule has 5 rings (SSSR count). The van der Waals surface area contributed by atoms with Gasteiger partial charge in [0.2, 0.25) is 0 Å². The first-order valence-corrected chi connectivity index (χ1v) is 12.2. The monoisotopic (exact) mass is 444 g/mol. The number of carbonyl (C=O) groups excluding carboxylic acids is 1. The molecule has 0 amide bonds. The summed E-state index contributed by atoms with van der Waals surface area (Å²) >= 11 is 0. The molecule has 32 heavy (non-hydrogen) atoms. The molecule has 1 N–H and O–H groups in total. The predicted octanol–water partition coefficient (Wildman–Crippen LogP) is 6.25. The van der Waals surface area contributed by atoms with E-state index in [9.17, 15) is 18.7 Å². The van der Waals surface area contributed by atoms with Crippen molar-refractivity contribution < 1.29 is 23.4 Å². The number of aliphatic hydroxyl groups is 1. The lowest BCUT2D eigenvalue weighted by molar-refractivity contribution is -0.141. The topological polar surface area (TPSA) is 46.5 Å². The van der Waals surface area contributed by atoms with Crippen LogP contribution in [0.1, 0.15) is 70.8 Å². The zero-order valence-electron chi connectivity index (χ0n) is 19.0. The molecule has 4 aliphatic rings. The number of hydrogen-bond acceptors (Lipinski definition) is 3. The molecule has 0 bridgehead atoms. The highest BCUT2D eigenvalue weighted by Crippen LogP contribution is 2.66. The molecule has 0 saturated heterocycles. The summed E-state index contributed by atoms with van der Waals surface area (Å²) < 4.78 is 29.2. The maximum absolute atomic E-state index is 13.5. The zero-order chi connectivity index (χ0) is 22.7. The molecular formula is C27H34F2O3. The smallest absolute Gasteiger partial charge is 0.387 e. The van der Waals surface area contributed by atoms with Gasteiger partial charge in [0.05, 0.1) is 6.10 Å². The number of hydrogen-bond donors (Lipinski definition) is 1. The van der Waals surface area contributed by atoms with Crippen LogP contribution in [0.5, 0.6) is 5.75 Å². The van der Waals surface area contributed by atoms with Crippen LogP contribution in [-0.2, 0) is 4.79 Å². The van der Waals surface area contributed by atoms with Crippen LogP contribution in [0.25, 0.3) is 6.08 Å². The van der Waals surface area contributed by atoms with Crippen LogP contribution >= 0.6 is 0 Å². The predicted molar refractivity (Wildman–Crippen MR) is 119 cm³/mol. The lowest BCUT2D eigenvalue weighted by Gasteiger charge is -2.59. The first-order chi connectivity index (χ1) is 15.2. The van der Waals surface area contributed by atoms with Crippen LogP contribution in [0.4, 0.5) is 8.78 Å². The average molecular weight is 445 g/mol. The number of halogens is 2. The van der Waals surface area contributed by atoms with E-state index < -0.39 is 6.61 Å². The van der Waals surface area contributed by atoms with Crippen LogP contribution < -0.4 is 4.74 Å². The van der Waals surface area contributed by atoms with Gasteiger partial charge in [-0.1, -0.05) is 26.0 Å². The van der Waals surface area contributed by atoms with Gasteiger partial charge in [0.1, 0.15) is 5.75 Å². The van der Waals surface area contributed by atoms with Crippen molar-refractivity contribution in [2.45, 2.75) is 77.9 Å². The van der Waals surface area contributed by atoms with Crippen LogP contribution in [0, 0.1) is 34.5 Å². The lowest BCUT2D eigenvalue weighted by atomic mass is 9.45. The number of Topliss-reactive ketones (excluding diaryl/α,β-unsaturated/α-hetero) is 1. The standard InChI is InChI=1S/C27H34F2O3/c1-26-11-9-19(30)15-18(26)5-8-21-22(26)10-12-27(2)23(21)14-17(24(27)31)13-16-3-6-20(7-4-16)32-25(28)29/h3-4,6-7,13,18-19,21-23,25,30H,5,8-12,14-15H2,1-2H3. The molecule has 4 aliphatic carbocycles. The highest BCUT2D eigenvalue weighted by Gasteiger charge is 2.61. The Morgan fingerprint density at radius 3 is 2.53 bits per heavy atom. The van der Waals surface area contributed by atoms with Crippen molar-refractivity contribution in [3.8, 4) is 5.75 Å². The second kappa shape index (κ2) is 7.93. The first-order valence-electron chi connectivity index (χ1n) is 12.2. The minimum atomic E-state index is -2.84. The van der Waals surface area contributed by atoms with Crippen molar-refractivity contribution >= 4 is 11.9 Å². The van der Waals surface area contributed by atoms with Crippen molar-refractivity contribution in [3.05, 3.63) is 35.4 Å². The molecule has 0 aromatic heterocycles. The average Bonchev–Trinajstić information content (AvgIpc) is 3.00. The normalized spacial score (nSPS) is 42.5. The second-order valence-corrected chi connectivity index (χ2v) is 11.2. The minimum absolute atomic E-state index is 0.131. The first kappa shape index (κ1) is 22.1. The fourth-order valence-corrected chi connectivity index (χ4v) is 7.98. The van der Waals surface area contributed by atoms with Gasteiger partial charge in [-0.05, 0) is 110 Å². The summed E-state index contributed by atoms with van der Waals surface area (Å²) in [6.07, 6.45) is 9.97. The molecule has 0 spiro atoms. The number of ether oxygens (including phenoxy) is 1. The number of aliphatic hydroxyl groups excluding tert-OH is 1. The Morgan fingerprint density at radius 1 is 1.06 bits per heavy atom. The number of benzene rings is 1. The third-order valence-corrected chi connectivity index (χ3v) is 9.72. The lowest BCUT2D eigenvalue weighted by Crippen LogP contribution is -2.54. The van der Waals surface area contributed by atoms with E-state index in [1.54, 1.807) is 12.1 Å². The highest BCUT2D eigenvalue weighted by atomic mass is 19.3. The van der Waals surface area contributed by atoms with Crippen LogP contribution in [0.15, 0.2) is 29.8 Å². The molecule has 174 valence electrons. The number of alkyl halides is 2. The summed E-state index contributed by atoms with van der Waals surface area (Å²) in [5, 5.41) is 10.2. The fraction of sp³-hybridized carbons (Fsp3) is 0.667. The summed E-state index contributed by atoms with van der Waals surface area (Å²) in [5.41, 5.74) is 1.74. The van der Waals surface area contributed by atoms with Gasteiger partial charge in [-0.3, -0.25) is 4.79 Å². The molecule has 4 saturated carbocycles. The molecule has 5 heteroatoms. The van der Waals surface area contributed by atoms with Gasteiger partial charge >= 0.3 is 6.61 Å². The third-order valence-electron chi connectivity index (χ3n) is 9.72. The van der Waals surface area contributed by atoms with E-state index >= 15 is 0 Å². The molecule has 7 atom stereocenters. The van der Waals surface area contributed by atoms with Crippen LogP contribution in [0.3, 0.4) is 0 Å². The van der Waals surface area contributed by atoms with Crippen molar-refractivity contribution in [1.29, 1.82) is 0 Å². The van der Waals surface area contributed by atoms with Crippen molar-refractivity contribution in [3.63, 3.8) is 0 Å². The fourth-order valence-electron chi connectivity index (χ4n) is 7.98. The quantitative estimate of drug-likeness (QED) is 0.560. The van der Waals surface area contributed by atoms with Crippen LogP contribution in [0.2, 0.25) is 0 Å². The number of fused-ring (bicyclic) bond motifs is 5. The molecule has 3 nitrogen and oxygen atoms in total. The van der Waals surface area contributed by atoms with Crippen molar-refractivity contribution in [2.75, 3.05) is 0 Å². The Hall–Kier alpha value is -1.75. The molecule has 0 heterocycles. The Morgan fingerprint density at radius 2 is 1.81 bits per heavy atom. The van der Waals surface area contributed by atoms with E-state index in [0.717, 1.165) is 56.1 Å². The second-order valence-electron chi connectivity index (χ2n) is 11.2. The summed E-state index contributed by atoms with van der Waals surface area (Å²) in [6.45, 7) is 1.80. The maximum atomic E-state index is 13.5. The van der Waals surface area contributed by atoms with Gasteiger partial charge in [-0.2, -0.15) is 8.78 Å². The summed E-state index contributed by atoms with van der Waals surface area (Å²) in [4.78, 5) is 13.5. The van der Waals surface area contributed by atoms with Gasteiger partial charge in [0.15, 0.2) is 5.78 Å². The van der Waals surface area contributed by atoms with E-state index in [-0.39, 0.29) is 23.1 Å². The Balaban J connectivity index is 1.38. The molecule has 1 aromatic carbocycles. The van der Waals surface area contributed by atoms with Crippen molar-refractivity contribution in [2.24, 2.45) is 34.5 Å². The number of carbonyl (C=O) groups is 1. The largest absolute Gasteiger partial charge is 0.435 e. The highest BCUT2D eigenvalue weighted by molar-refractivity contribution is 6.05. The van der Waals surface area contributed by atoms with Gasteiger partial charge in [-0.25, -0.2) is 0 Å². The maximum Gasteiger partial charge on any atom is 0.387 e. The minimum Gasteiger partial charge on any atom is -0.435 e. The van der Waals surface area contributed by atoms with Gasteiger partial charge in [0.25, 0.3) is 0 Å². The number of rotatable bonds is 3. The van der Waals surface area contributed by atoms with Gasteiger partial charge < -0.3 is 9.84 Å². The molecule has 7 unspecified atom stereocenters. The van der Waals surface area contributed by atoms with Gasteiger partial charge in [-0.15, -0.1) is 0 Å². The van der Waals surface area contributed by atoms with Crippen molar-refractivity contribution in [1.82, 2.24) is 0 Å². The molecular weight excluding hydrogens is 410 g/mol. The molecule has 4 fully saturated rings. The Kier molecular flexibility index (Phi) is 5.47. The third kappa shape index (κ3) is 3.52. The van der Waals surface area contributed by atoms with Gasteiger partial charge in [0, 0.05) is 5.41 Å². The molecule has 1 aromatic rings. The summed E-state index contributed by atoms with van der Waals surface area (Å²) in [5.74, 6) is 2.61. The number of allylic oxidation sites excluding steroid dienone is 1. The SMILES string of the molecule is CC12CCC3C(CCC4CC(O)CCC43C)C1CC(=Cc1ccc(OC(F)F)cc1)C2=O. The van der Waals surface area contributed by atoms with E-state index in [2.05, 4.69) is 18.6 Å². The summed E-state index contributed by atoms with van der Waals surface area (Å²) in [6, 6.07) is 6.54. The number of ketones is 1. The Labute approximate surface area is 189 Å². The zero-order valence-corrected chi connectivity index (χ0v) is 19.0. The van der Waals surface area contributed by atoms with E-state index in [0.29, 0.717) is 29.1 Å². The summed E-state index contributed by atoms with van der Waals surface area (Å²) in [7, 11) is 0. The molecule has 0 radical (unpaired) electrons. The Bertz CT molecular complexity index is 910. The molecule has 0 aliphatic heterocycles. The van der Waals surface area contributed by atoms with E-state index in [1.807, 2.05) is 6.08 Å². The van der Waals surface area contributed by atoms with Crippen LogP contribution in [-0.4, -0.2) is 23.6 Å². The van der Waals surface area contributed by atoms with E-state index in [4.69, 9.17) is 0 Å². The van der Waals surface area contributed by atoms with E-state index in [1.165, 1.54) is 18.6 Å².